The highest BCUT2D eigenvalue weighted by atomic mass is 32.2. The van der Waals surface area contributed by atoms with Crippen molar-refractivity contribution in [1.29, 1.82) is 0 Å². The van der Waals surface area contributed by atoms with E-state index < -0.39 is 27.9 Å². The van der Waals surface area contributed by atoms with Crippen molar-refractivity contribution in [3.63, 3.8) is 0 Å². The zero-order valence-electron chi connectivity index (χ0n) is 17.3. The molecule has 31 heavy (non-hydrogen) atoms. The molecule has 0 fully saturated rings. The van der Waals surface area contributed by atoms with Crippen LogP contribution in [0.2, 0.25) is 0 Å². The minimum absolute atomic E-state index is 0.0704. The van der Waals surface area contributed by atoms with E-state index in [0.717, 1.165) is 11.1 Å². The standard InChI is InChI=1S/C23H23FN2O4S/c1-15-4-13-22(16(2)14-15)26-31(28,29)21-11-7-19(8-12-21)25-23(27)17(3)30-20-9-5-18(24)6-10-20/h4-14,17,26H,1-3H3,(H,25,27)/t17-/m1/s1. The third kappa shape index (κ3) is 5.82. The molecule has 0 radical (unpaired) electrons. The largest absolute Gasteiger partial charge is 0.481 e. The van der Waals surface area contributed by atoms with E-state index in [4.69, 9.17) is 4.74 Å². The number of carbonyl (C=O) groups excluding carboxylic acids is 1. The van der Waals surface area contributed by atoms with Crippen LogP contribution in [-0.4, -0.2) is 20.4 Å². The van der Waals surface area contributed by atoms with Gasteiger partial charge in [-0.2, -0.15) is 0 Å². The van der Waals surface area contributed by atoms with Crippen LogP contribution < -0.4 is 14.8 Å². The summed E-state index contributed by atoms with van der Waals surface area (Å²) >= 11 is 0. The van der Waals surface area contributed by atoms with E-state index in [0.29, 0.717) is 17.1 Å². The zero-order valence-corrected chi connectivity index (χ0v) is 18.2. The first-order valence-electron chi connectivity index (χ1n) is 9.57. The molecule has 1 amide bonds. The minimum atomic E-state index is -3.77. The number of aryl methyl sites for hydroxylation is 2. The SMILES string of the molecule is Cc1ccc(NS(=O)(=O)c2ccc(NC(=O)[C@@H](C)Oc3ccc(F)cc3)cc2)c(C)c1. The van der Waals surface area contributed by atoms with Crippen molar-refractivity contribution >= 4 is 27.3 Å². The molecule has 8 heteroatoms. The fourth-order valence-electron chi connectivity index (χ4n) is 2.86. The van der Waals surface area contributed by atoms with Crippen molar-refractivity contribution in [3.8, 4) is 5.75 Å². The van der Waals surface area contributed by atoms with Crippen LogP contribution in [0.25, 0.3) is 0 Å². The van der Waals surface area contributed by atoms with Crippen LogP contribution in [0.1, 0.15) is 18.1 Å². The molecule has 0 saturated heterocycles. The summed E-state index contributed by atoms with van der Waals surface area (Å²) in [4.78, 5) is 12.4. The van der Waals surface area contributed by atoms with E-state index in [-0.39, 0.29) is 4.90 Å². The second-order valence-electron chi connectivity index (χ2n) is 7.15. The van der Waals surface area contributed by atoms with Gasteiger partial charge in [-0.25, -0.2) is 12.8 Å². The number of hydrogen-bond acceptors (Lipinski definition) is 4. The maximum atomic E-state index is 13.0. The number of benzene rings is 3. The van der Waals surface area contributed by atoms with Crippen LogP contribution in [0.15, 0.2) is 71.6 Å². The van der Waals surface area contributed by atoms with Crippen LogP contribution in [0.5, 0.6) is 5.75 Å². The number of amides is 1. The highest BCUT2D eigenvalue weighted by Crippen LogP contribution is 2.22. The highest BCUT2D eigenvalue weighted by molar-refractivity contribution is 7.92. The van der Waals surface area contributed by atoms with Crippen LogP contribution >= 0.6 is 0 Å². The van der Waals surface area contributed by atoms with Crippen molar-refractivity contribution < 1.29 is 22.3 Å². The molecule has 0 aliphatic carbocycles. The molecular formula is C23H23FN2O4S. The van der Waals surface area contributed by atoms with Crippen molar-refractivity contribution in [3.05, 3.63) is 83.7 Å². The van der Waals surface area contributed by atoms with E-state index >= 15 is 0 Å². The molecule has 0 aliphatic heterocycles. The Bertz CT molecular complexity index is 1180. The van der Waals surface area contributed by atoms with Gasteiger partial charge in [0.05, 0.1) is 10.6 Å². The molecule has 0 unspecified atom stereocenters. The second kappa shape index (κ2) is 9.18. The first-order chi connectivity index (χ1) is 14.6. The first-order valence-corrected chi connectivity index (χ1v) is 11.1. The first kappa shape index (κ1) is 22.3. The van der Waals surface area contributed by atoms with E-state index in [1.54, 1.807) is 13.0 Å². The highest BCUT2D eigenvalue weighted by Gasteiger charge is 2.17. The maximum absolute atomic E-state index is 13.0. The third-order valence-electron chi connectivity index (χ3n) is 4.55. The zero-order chi connectivity index (χ0) is 22.6. The van der Waals surface area contributed by atoms with Gasteiger partial charge in [-0.05, 0) is 80.9 Å². The van der Waals surface area contributed by atoms with Gasteiger partial charge in [0.1, 0.15) is 11.6 Å². The molecular weight excluding hydrogens is 419 g/mol. The van der Waals surface area contributed by atoms with Gasteiger partial charge < -0.3 is 10.1 Å². The van der Waals surface area contributed by atoms with E-state index in [1.807, 2.05) is 26.0 Å². The van der Waals surface area contributed by atoms with E-state index in [9.17, 15) is 17.6 Å². The summed E-state index contributed by atoms with van der Waals surface area (Å²) < 4.78 is 46.3. The molecule has 0 aromatic heterocycles. The van der Waals surface area contributed by atoms with Gasteiger partial charge in [-0.15, -0.1) is 0 Å². The van der Waals surface area contributed by atoms with Crippen molar-refractivity contribution in [2.75, 3.05) is 10.0 Å². The van der Waals surface area contributed by atoms with Gasteiger partial charge in [0.15, 0.2) is 6.10 Å². The quantitative estimate of drug-likeness (QED) is 0.558. The molecule has 0 spiro atoms. The van der Waals surface area contributed by atoms with Crippen molar-refractivity contribution in [2.24, 2.45) is 0 Å². The lowest BCUT2D eigenvalue weighted by Gasteiger charge is -2.15. The predicted octanol–water partition coefficient (Wildman–Crippen LogP) is 4.65. The Labute approximate surface area is 181 Å². The van der Waals surface area contributed by atoms with Crippen LogP contribution in [0.4, 0.5) is 15.8 Å². The summed E-state index contributed by atoms with van der Waals surface area (Å²) in [6, 6.07) is 16.6. The normalized spacial score (nSPS) is 12.1. The number of rotatable bonds is 7. The van der Waals surface area contributed by atoms with Crippen molar-refractivity contribution in [2.45, 2.75) is 31.8 Å². The number of halogens is 1. The lowest BCUT2D eigenvalue weighted by molar-refractivity contribution is -0.122. The third-order valence-corrected chi connectivity index (χ3v) is 5.94. The second-order valence-corrected chi connectivity index (χ2v) is 8.83. The fraction of sp³-hybridized carbons (Fsp3) is 0.174. The topological polar surface area (TPSA) is 84.5 Å². The fourth-order valence-corrected chi connectivity index (χ4v) is 3.99. The molecule has 162 valence electrons. The smallest absolute Gasteiger partial charge is 0.265 e. The number of ether oxygens (including phenoxy) is 1. The summed E-state index contributed by atoms with van der Waals surface area (Å²) in [6.07, 6.45) is -0.833. The molecule has 3 rings (SSSR count). The molecule has 0 heterocycles. The molecule has 0 bridgehead atoms. The molecule has 3 aromatic carbocycles. The molecule has 1 atom stereocenters. The Balaban J connectivity index is 1.64. The molecule has 3 aromatic rings. The van der Waals surface area contributed by atoms with Crippen LogP contribution in [0.3, 0.4) is 0 Å². The van der Waals surface area contributed by atoms with Crippen LogP contribution in [-0.2, 0) is 14.8 Å². The Kier molecular flexibility index (Phi) is 6.60. The van der Waals surface area contributed by atoms with Gasteiger partial charge in [-0.1, -0.05) is 17.7 Å². The molecule has 0 aliphatic rings. The monoisotopic (exact) mass is 442 g/mol. The maximum Gasteiger partial charge on any atom is 0.265 e. The van der Waals surface area contributed by atoms with E-state index in [2.05, 4.69) is 10.0 Å². The molecule has 2 N–H and O–H groups in total. The summed E-state index contributed by atoms with van der Waals surface area (Å²) in [7, 11) is -3.77. The average molecular weight is 443 g/mol. The lowest BCUT2D eigenvalue weighted by Crippen LogP contribution is -2.30. The Morgan fingerprint density at radius 3 is 2.23 bits per heavy atom. The van der Waals surface area contributed by atoms with Gasteiger partial charge in [0, 0.05) is 5.69 Å². The van der Waals surface area contributed by atoms with Gasteiger partial charge >= 0.3 is 0 Å². The number of carbonyl (C=O) groups is 1. The van der Waals surface area contributed by atoms with Gasteiger partial charge in [-0.3, -0.25) is 9.52 Å². The molecule has 6 nitrogen and oxygen atoms in total. The Hall–Kier alpha value is -3.39. The van der Waals surface area contributed by atoms with Gasteiger partial charge in [0.2, 0.25) is 0 Å². The Morgan fingerprint density at radius 2 is 1.61 bits per heavy atom. The summed E-state index contributed by atoms with van der Waals surface area (Å²) in [5, 5.41) is 2.66. The van der Waals surface area contributed by atoms with Crippen LogP contribution in [0, 0.1) is 19.7 Å². The Morgan fingerprint density at radius 1 is 0.968 bits per heavy atom. The predicted molar refractivity (Wildman–Crippen MR) is 118 cm³/mol. The summed E-state index contributed by atoms with van der Waals surface area (Å²) in [6.45, 7) is 5.33. The van der Waals surface area contributed by atoms with E-state index in [1.165, 1.54) is 48.5 Å². The number of sulfonamides is 1. The number of nitrogens with one attached hydrogen (secondary N) is 2. The van der Waals surface area contributed by atoms with Gasteiger partial charge in [0.25, 0.3) is 15.9 Å². The average Bonchev–Trinajstić information content (AvgIpc) is 2.72. The number of hydrogen-bond donors (Lipinski definition) is 2. The van der Waals surface area contributed by atoms with Crippen molar-refractivity contribution in [1.82, 2.24) is 0 Å². The summed E-state index contributed by atoms with van der Waals surface area (Å²) in [5.41, 5.74) is 2.79. The number of anilines is 2. The lowest BCUT2D eigenvalue weighted by atomic mass is 10.1. The minimum Gasteiger partial charge on any atom is -0.481 e. The summed E-state index contributed by atoms with van der Waals surface area (Å²) in [5.74, 6) is -0.456. The molecule has 0 saturated carbocycles.